The van der Waals surface area contributed by atoms with Gasteiger partial charge < -0.3 is 15.8 Å². The number of rotatable bonds is 11. The average molecular weight is 258 g/mol. The maximum atomic E-state index is 12.3. The molecule has 18 heavy (non-hydrogen) atoms. The highest BCUT2D eigenvalue weighted by Gasteiger charge is 2.34. The van der Waals surface area contributed by atoms with Crippen LogP contribution in [0.15, 0.2) is 0 Å². The van der Waals surface area contributed by atoms with Crippen molar-refractivity contribution in [1.82, 2.24) is 5.32 Å². The van der Waals surface area contributed by atoms with Crippen LogP contribution in [-0.2, 0) is 9.53 Å². The fourth-order valence-electron chi connectivity index (χ4n) is 2.31. The highest BCUT2D eigenvalue weighted by Crippen LogP contribution is 2.28. The first kappa shape index (κ1) is 17.4. The van der Waals surface area contributed by atoms with Crippen molar-refractivity contribution in [3.8, 4) is 0 Å². The predicted molar refractivity (Wildman–Crippen MR) is 75.4 cm³/mol. The molecule has 0 aliphatic rings. The SMILES string of the molecule is CCCC(CN)(CCC)C(=O)NCCCOCC. The summed E-state index contributed by atoms with van der Waals surface area (Å²) >= 11 is 0. The largest absolute Gasteiger partial charge is 0.382 e. The molecule has 0 aromatic heterocycles. The summed E-state index contributed by atoms with van der Waals surface area (Å²) in [4.78, 5) is 12.3. The lowest BCUT2D eigenvalue weighted by atomic mass is 9.78. The Morgan fingerprint density at radius 3 is 2.28 bits per heavy atom. The summed E-state index contributed by atoms with van der Waals surface area (Å²) in [5.74, 6) is 0.116. The molecule has 0 rings (SSSR count). The Morgan fingerprint density at radius 2 is 1.83 bits per heavy atom. The van der Waals surface area contributed by atoms with Crippen molar-refractivity contribution in [1.29, 1.82) is 0 Å². The van der Waals surface area contributed by atoms with Gasteiger partial charge >= 0.3 is 0 Å². The van der Waals surface area contributed by atoms with Crippen LogP contribution in [0.1, 0.15) is 52.9 Å². The van der Waals surface area contributed by atoms with Gasteiger partial charge in [0.25, 0.3) is 0 Å². The standard InChI is InChI=1S/C14H30N2O2/c1-4-8-14(12-15,9-5-2)13(17)16-10-7-11-18-6-3/h4-12,15H2,1-3H3,(H,16,17). The molecule has 0 unspecified atom stereocenters. The minimum atomic E-state index is -0.366. The molecule has 0 aromatic rings. The third-order valence-corrected chi connectivity index (χ3v) is 3.28. The molecule has 0 saturated carbocycles. The first-order valence-corrected chi connectivity index (χ1v) is 7.23. The van der Waals surface area contributed by atoms with Gasteiger partial charge in [-0.1, -0.05) is 26.7 Å². The normalized spacial score (nSPS) is 11.6. The second kappa shape index (κ2) is 10.3. The number of nitrogens with two attached hydrogens (primary N) is 1. The van der Waals surface area contributed by atoms with Crippen LogP contribution in [0.2, 0.25) is 0 Å². The molecule has 0 saturated heterocycles. The molecule has 4 nitrogen and oxygen atoms in total. The highest BCUT2D eigenvalue weighted by molar-refractivity contribution is 5.82. The lowest BCUT2D eigenvalue weighted by molar-refractivity contribution is -0.131. The van der Waals surface area contributed by atoms with Crippen LogP contribution in [0.5, 0.6) is 0 Å². The van der Waals surface area contributed by atoms with Crippen molar-refractivity contribution < 1.29 is 9.53 Å². The van der Waals surface area contributed by atoms with Crippen LogP contribution < -0.4 is 11.1 Å². The van der Waals surface area contributed by atoms with E-state index in [9.17, 15) is 4.79 Å². The average Bonchev–Trinajstić information content (AvgIpc) is 2.37. The van der Waals surface area contributed by atoms with E-state index in [2.05, 4.69) is 19.2 Å². The molecule has 4 heteroatoms. The third kappa shape index (κ3) is 5.83. The Balaban J connectivity index is 4.20. The van der Waals surface area contributed by atoms with Crippen molar-refractivity contribution in [3.63, 3.8) is 0 Å². The first-order chi connectivity index (χ1) is 8.66. The molecule has 0 aliphatic heterocycles. The number of amides is 1. The number of carbonyl (C=O) groups is 1. The van der Waals surface area contributed by atoms with Crippen molar-refractivity contribution >= 4 is 5.91 Å². The quantitative estimate of drug-likeness (QED) is 0.558. The third-order valence-electron chi connectivity index (χ3n) is 3.28. The zero-order chi connectivity index (χ0) is 13.9. The van der Waals surface area contributed by atoms with Gasteiger partial charge in [0.05, 0.1) is 5.41 Å². The summed E-state index contributed by atoms with van der Waals surface area (Å²) in [5.41, 5.74) is 5.48. The Labute approximate surface area is 112 Å². The lowest BCUT2D eigenvalue weighted by Gasteiger charge is -2.30. The minimum Gasteiger partial charge on any atom is -0.382 e. The van der Waals surface area contributed by atoms with Gasteiger partial charge in [-0.3, -0.25) is 4.79 Å². The zero-order valence-electron chi connectivity index (χ0n) is 12.3. The van der Waals surface area contributed by atoms with E-state index in [0.717, 1.165) is 38.7 Å². The summed E-state index contributed by atoms with van der Waals surface area (Å²) in [6.07, 6.45) is 4.58. The molecule has 0 bridgehead atoms. The number of carbonyl (C=O) groups excluding carboxylic acids is 1. The summed E-state index contributed by atoms with van der Waals surface area (Å²) in [7, 11) is 0. The zero-order valence-corrected chi connectivity index (χ0v) is 12.3. The van der Waals surface area contributed by atoms with E-state index >= 15 is 0 Å². The molecule has 0 fully saturated rings. The molecule has 3 N–H and O–H groups in total. The number of ether oxygens (including phenoxy) is 1. The summed E-state index contributed by atoms with van der Waals surface area (Å²) in [6, 6.07) is 0. The Hall–Kier alpha value is -0.610. The molecule has 0 spiro atoms. The van der Waals surface area contributed by atoms with Crippen molar-refractivity contribution in [3.05, 3.63) is 0 Å². The molecule has 0 radical (unpaired) electrons. The molecule has 0 heterocycles. The number of nitrogens with one attached hydrogen (secondary N) is 1. The summed E-state index contributed by atoms with van der Waals surface area (Å²) in [6.45, 7) is 8.71. The summed E-state index contributed by atoms with van der Waals surface area (Å²) < 4.78 is 5.25. The fraction of sp³-hybridized carbons (Fsp3) is 0.929. The number of hydrogen-bond acceptors (Lipinski definition) is 3. The Bertz CT molecular complexity index is 214. The van der Waals surface area contributed by atoms with E-state index in [-0.39, 0.29) is 11.3 Å². The van der Waals surface area contributed by atoms with Crippen LogP contribution in [0.3, 0.4) is 0 Å². The van der Waals surface area contributed by atoms with Gasteiger partial charge in [0.1, 0.15) is 0 Å². The number of hydrogen-bond donors (Lipinski definition) is 2. The molecule has 1 amide bonds. The molecule has 0 aliphatic carbocycles. The van der Waals surface area contributed by atoms with Gasteiger partial charge in [0.15, 0.2) is 0 Å². The van der Waals surface area contributed by atoms with E-state index in [1.165, 1.54) is 0 Å². The van der Waals surface area contributed by atoms with E-state index in [4.69, 9.17) is 10.5 Å². The second-order valence-corrected chi connectivity index (χ2v) is 4.79. The van der Waals surface area contributed by atoms with Gasteiger partial charge in [0, 0.05) is 26.3 Å². The van der Waals surface area contributed by atoms with Crippen LogP contribution in [-0.4, -0.2) is 32.2 Å². The van der Waals surface area contributed by atoms with E-state index < -0.39 is 0 Å². The molecular formula is C14H30N2O2. The Morgan fingerprint density at radius 1 is 1.22 bits per heavy atom. The van der Waals surface area contributed by atoms with Gasteiger partial charge in [-0.25, -0.2) is 0 Å². The van der Waals surface area contributed by atoms with Crippen molar-refractivity contribution in [2.45, 2.75) is 52.9 Å². The summed E-state index contributed by atoms with van der Waals surface area (Å²) in [5, 5.41) is 3.00. The van der Waals surface area contributed by atoms with Gasteiger partial charge in [-0.15, -0.1) is 0 Å². The predicted octanol–water partition coefficient (Wildman–Crippen LogP) is 2.07. The minimum absolute atomic E-state index is 0.116. The monoisotopic (exact) mass is 258 g/mol. The molecular weight excluding hydrogens is 228 g/mol. The van der Waals surface area contributed by atoms with Gasteiger partial charge in [-0.05, 0) is 26.2 Å². The van der Waals surface area contributed by atoms with Crippen molar-refractivity contribution in [2.75, 3.05) is 26.3 Å². The maximum absolute atomic E-state index is 12.3. The topological polar surface area (TPSA) is 64.4 Å². The second-order valence-electron chi connectivity index (χ2n) is 4.79. The van der Waals surface area contributed by atoms with Crippen LogP contribution in [0.25, 0.3) is 0 Å². The molecule has 0 aromatic carbocycles. The highest BCUT2D eigenvalue weighted by atomic mass is 16.5. The van der Waals surface area contributed by atoms with Crippen molar-refractivity contribution in [2.24, 2.45) is 11.1 Å². The van der Waals surface area contributed by atoms with Crippen LogP contribution in [0, 0.1) is 5.41 Å². The molecule has 0 atom stereocenters. The fourth-order valence-corrected chi connectivity index (χ4v) is 2.31. The van der Waals surface area contributed by atoms with Gasteiger partial charge in [-0.2, -0.15) is 0 Å². The van der Waals surface area contributed by atoms with E-state index in [1.807, 2.05) is 6.92 Å². The smallest absolute Gasteiger partial charge is 0.227 e. The van der Waals surface area contributed by atoms with E-state index in [0.29, 0.717) is 19.7 Å². The first-order valence-electron chi connectivity index (χ1n) is 7.23. The van der Waals surface area contributed by atoms with E-state index in [1.54, 1.807) is 0 Å². The Kier molecular flexibility index (Phi) is 9.98. The van der Waals surface area contributed by atoms with Gasteiger partial charge in [0.2, 0.25) is 5.91 Å². The maximum Gasteiger partial charge on any atom is 0.227 e. The molecule has 108 valence electrons. The van der Waals surface area contributed by atoms with Crippen LogP contribution in [0.4, 0.5) is 0 Å². The van der Waals surface area contributed by atoms with Crippen LogP contribution >= 0.6 is 0 Å². The lowest BCUT2D eigenvalue weighted by Crippen LogP contribution is -2.46.